The van der Waals surface area contributed by atoms with E-state index in [1.807, 2.05) is 30.3 Å². The highest BCUT2D eigenvalue weighted by Crippen LogP contribution is 2.39. The summed E-state index contributed by atoms with van der Waals surface area (Å²) in [5.74, 6) is 1.88. The Hall–Kier alpha value is -6.85. The van der Waals surface area contributed by atoms with Gasteiger partial charge >= 0.3 is 0 Å². The Morgan fingerprint density at radius 2 is 1.15 bits per heavy atom. The molecule has 3 aromatic heterocycles. The predicted molar refractivity (Wildman–Crippen MR) is 211 cm³/mol. The number of hydrogen-bond acceptors (Lipinski definition) is 5. The van der Waals surface area contributed by atoms with E-state index in [0.717, 1.165) is 89.9 Å². The van der Waals surface area contributed by atoms with Gasteiger partial charge in [-0.1, -0.05) is 103 Å². The number of rotatable bonds is 4. The van der Waals surface area contributed by atoms with E-state index in [-0.39, 0.29) is 0 Å². The molecule has 0 N–H and O–H groups in total. The molecular weight excluding hydrogens is 639 g/mol. The highest BCUT2D eigenvalue weighted by Gasteiger charge is 2.19. The van der Waals surface area contributed by atoms with Crippen molar-refractivity contribution in [1.82, 2.24) is 15.0 Å². The Balaban J connectivity index is 1.08. The molecule has 3 heterocycles. The number of para-hydroxylation sites is 1. The van der Waals surface area contributed by atoms with E-state index < -0.39 is 0 Å². The molecule has 0 bridgehead atoms. The van der Waals surface area contributed by atoms with Crippen LogP contribution in [0.5, 0.6) is 0 Å². The Morgan fingerprint density at radius 3 is 2.10 bits per heavy atom. The van der Waals surface area contributed by atoms with Crippen molar-refractivity contribution in [3.63, 3.8) is 0 Å². The number of aromatic nitrogens is 3. The van der Waals surface area contributed by atoms with Gasteiger partial charge in [0.15, 0.2) is 17.5 Å². The van der Waals surface area contributed by atoms with Gasteiger partial charge in [0.2, 0.25) is 0 Å². The maximum Gasteiger partial charge on any atom is 0.164 e. The molecule has 5 nitrogen and oxygen atoms in total. The van der Waals surface area contributed by atoms with Gasteiger partial charge < -0.3 is 8.83 Å². The molecule has 0 saturated carbocycles. The summed E-state index contributed by atoms with van der Waals surface area (Å²) < 4.78 is 12.6. The largest absolute Gasteiger partial charge is 0.456 e. The first kappa shape index (κ1) is 28.9. The number of fused-ring (bicyclic) bond motifs is 8. The van der Waals surface area contributed by atoms with Crippen molar-refractivity contribution in [2.45, 2.75) is 12.8 Å². The third-order valence-corrected chi connectivity index (χ3v) is 10.4. The van der Waals surface area contributed by atoms with Gasteiger partial charge in [-0.2, -0.15) is 0 Å². The lowest BCUT2D eigenvalue weighted by Gasteiger charge is -2.13. The lowest BCUT2D eigenvalue weighted by atomic mass is 9.95. The monoisotopic (exact) mass is 667 g/mol. The van der Waals surface area contributed by atoms with E-state index in [2.05, 4.69) is 121 Å². The Labute approximate surface area is 298 Å². The summed E-state index contributed by atoms with van der Waals surface area (Å²) >= 11 is 0. The first-order valence-corrected chi connectivity index (χ1v) is 17.6. The zero-order valence-corrected chi connectivity index (χ0v) is 28.0. The molecule has 0 atom stereocenters. The van der Waals surface area contributed by atoms with Crippen LogP contribution in [0.3, 0.4) is 0 Å². The Kier molecular flexibility index (Phi) is 6.31. The first-order chi connectivity index (χ1) is 25.7. The zero-order chi connectivity index (χ0) is 34.2. The molecule has 0 amide bonds. The smallest absolute Gasteiger partial charge is 0.164 e. The van der Waals surface area contributed by atoms with Crippen LogP contribution in [0.15, 0.2) is 154 Å². The van der Waals surface area contributed by atoms with Crippen molar-refractivity contribution >= 4 is 60.7 Å². The number of nitrogens with zero attached hydrogens (tertiary/aromatic N) is 3. The van der Waals surface area contributed by atoms with Crippen LogP contribution in [0.25, 0.3) is 106 Å². The SMILES string of the molecule is C1=Cc2cc(-c3nc(-c4ccc5ccccc5c4)nc(-c4cccc5oc6cc(-c7ccc8oc9ccccc9c8c7)ccc6c45)n3)ccc2CC1. The van der Waals surface area contributed by atoms with Gasteiger partial charge in [-0.05, 0) is 94.4 Å². The van der Waals surface area contributed by atoms with Gasteiger partial charge in [-0.25, -0.2) is 15.0 Å². The molecule has 0 radical (unpaired) electrons. The van der Waals surface area contributed by atoms with Crippen LogP contribution >= 0.6 is 0 Å². The van der Waals surface area contributed by atoms with Crippen molar-refractivity contribution in [1.29, 1.82) is 0 Å². The van der Waals surface area contributed by atoms with Crippen LogP contribution < -0.4 is 0 Å². The van der Waals surface area contributed by atoms with Crippen LogP contribution in [0.1, 0.15) is 17.5 Å². The summed E-state index contributed by atoms with van der Waals surface area (Å²) in [6, 6.07) is 48.4. The molecule has 0 spiro atoms. The molecule has 1 aliphatic rings. The zero-order valence-electron chi connectivity index (χ0n) is 28.0. The summed E-state index contributed by atoms with van der Waals surface area (Å²) in [5.41, 5.74) is 10.9. The number of allylic oxidation sites excluding steroid dienone is 1. The van der Waals surface area contributed by atoms with Crippen LogP contribution in [0.2, 0.25) is 0 Å². The second-order valence-electron chi connectivity index (χ2n) is 13.5. The van der Waals surface area contributed by atoms with Crippen molar-refractivity contribution in [3.05, 3.63) is 157 Å². The Bertz CT molecular complexity index is 3090. The highest BCUT2D eigenvalue weighted by atomic mass is 16.3. The standard InChI is InChI=1S/C47H29N3O2/c1-3-10-30-24-34(18-16-28(30)8-1)45-48-46(35-19-17-29-9-2-4-11-31(29)25-35)50-47(49-45)38-13-7-15-42-44(38)37-22-20-33(27-43(37)52-42)32-21-23-41-39(26-32)36-12-5-6-14-40(36)51-41/h1,3-8,10-27H,2,9H2. The van der Waals surface area contributed by atoms with E-state index in [0.29, 0.717) is 17.5 Å². The van der Waals surface area contributed by atoms with Gasteiger partial charge in [0.05, 0.1) is 0 Å². The molecule has 5 heteroatoms. The normalized spacial score (nSPS) is 12.8. The van der Waals surface area contributed by atoms with Crippen molar-refractivity contribution in [3.8, 4) is 45.3 Å². The van der Waals surface area contributed by atoms with Crippen molar-refractivity contribution < 1.29 is 8.83 Å². The maximum atomic E-state index is 6.56. The van der Waals surface area contributed by atoms with Gasteiger partial charge in [0, 0.05) is 38.2 Å². The first-order valence-electron chi connectivity index (χ1n) is 17.6. The molecule has 1 aliphatic carbocycles. The van der Waals surface area contributed by atoms with Crippen molar-refractivity contribution in [2.75, 3.05) is 0 Å². The molecule has 7 aromatic carbocycles. The predicted octanol–water partition coefficient (Wildman–Crippen LogP) is 12.5. The second kappa shape index (κ2) is 11.3. The number of hydrogen-bond donors (Lipinski definition) is 0. The molecular formula is C47H29N3O2. The van der Waals surface area contributed by atoms with Crippen LogP contribution in [-0.2, 0) is 6.42 Å². The van der Waals surface area contributed by atoms with Gasteiger partial charge in [0.1, 0.15) is 22.3 Å². The van der Waals surface area contributed by atoms with E-state index in [4.69, 9.17) is 23.8 Å². The summed E-state index contributed by atoms with van der Waals surface area (Å²) in [7, 11) is 0. The third kappa shape index (κ3) is 4.67. The van der Waals surface area contributed by atoms with E-state index in [1.165, 1.54) is 16.5 Å². The molecule has 0 saturated heterocycles. The minimum atomic E-state index is 0.607. The van der Waals surface area contributed by atoms with Crippen LogP contribution in [0.4, 0.5) is 0 Å². The third-order valence-electron chi connectivity index (χ3n) is 10.4. The van der Waals surface area contributed by atoms with Crippen LogP contribution in [-0.4, -0.2) is 15.0 Å². The average Bonchev–Trinajstić information content (AvgIpc) is 3.78. The second-order valence-corrected chi connectivity index (χ2v) is 13.5. The van der Waals surface area contributed by atoms with E-state index in [1.54, 1.807) is 0 Å². The van der Waals surface area contributed by atoms with E-state index >= 15 is 0 Å². The Morgan fingerprint density at radius 1 is 0.442 bits per heavy atom. The minimum absolute atomic E-state index is 0.607. The summed E-state index contributed by atoms with van der Waals surface area (Å²) in [5, 5.41) is 6.52. The number of furan rings is 2. The fourth-order valence-corrected chi connectivity index (χ4v) is 7.75. The number of benzene rings is 7. The lowest BCUT2D eigenvalue weighted by Crippen LogP contribution is -2.01. The van der Waals surface area contributed by atoms with E-state index in [9.17, 15) is 0 Å². The summed E-state index contributed by atoms with van der Waals surface area (Å²) in [6.45, 7) is 0. The van der Waals surface area contributed by atoms with Crippen LogP contribution in [0, 0.1) is 0 Å². The maximum absolute atomic E-state index is 6.56. The van der Waals surface area contributed by atoms with Gasteiger partial charge in [-0.3, -0.25) is 0 Å². The topological polar surface area (TPSA) is 65.0 Å². The van der Waals surface area contributed by atoms with Crippen molar-refractivity contribution in [2.24, 2.45) is 0 Å². The fraction of sp³-hybridized carbons (Fsp3) is 0.0426. The fourth-order valence-electron chi connectivity index (χ4n) is 7.75. The molecule has 244 valence electrons. The average molecular weight is 668 g/mol. The summed E-state index contributed by atoms with van der Waals surface area (Å²) in [4.78, 5) is 15.4. The molecule has 10 aromatic rings. The minimum Gasteiger partial charge on any atom is -0.456 e. The van der Waals surface area contributed by atoms with Gasteiger partial charge in [0.25, 0.3) is 0 Å². The molecule has 0 unspecified atom stereocenters. The highest BCUT2D eigenvalue weighted by molar-refractivity contribution is 6.13. The van der Waals surface area contributed by atoms with Gasteiger partial charge in [-0.15, -0.1) is 0 Å². The molecule has 0 aliphatic heterocycles. The molecule has 11 rings (SSSR count). The molecule has 0 fully saturated rings. The number of aryl methyl sites for hydroxylation is 1. The summed E-state index contributed by atoms with van der Waals surface area (Å²) in [6.07, 6.45) is 6.55. The quantitative estimate of drug-likeness (QED) is 0.187. The molecule has 52 heavy (non-hydrogen) atoms. The lowest BCUT2D eigenvalue weighted by molar-refractivity contribution is 0.669.